The summed E-state index contributed by atoms with van der Waals surface area (Å²) in [5, 5.41) is 0.745. The maximum absolute atomic E-state index is 11.9. The third kappa shape index (κ3) is 2.38. The van der Waals surface area contributed by atoms with Crippen molar-refractivity contribution in [2.75, 3.05) is 4.90 Å². The molecular weight excluding hydrogens is 397 g/mol. The molecule has 0 bridgehead atoms. The molecule has 1 aliphatic heterocycles. The molecule has 0 radical (unpaired) electrons. The largest absolute Gasteiger partial charge is 0.273 e. The molecule has 0 N–H and O–H groups in total. The van der Waals surface area contributed by atoms with E-state index in [1.165, 1.54) is 18.2 Å². The van der Waals surface area contributed by atoms with E-state index in [4.69, 9.17) is 23.2 Å². The molecule has 2 atom stereocenters. The number of anilines is 1. The molecule has 3 nitrogen and oxygen atoms in total. The van der Waals surface area contributed by atoms with Crippen LogP contribution in [0, 0.1) is 0 Å². The van der Waals surface area contributed by atoms with Gasteiger partial charge in [-0.15, -0.1) is 0 Å². The lowest BCUT2D eigenvalue weighted by Gasteiger charge is -2.14. The first-order chi connectivity index (χ1) is 7.91. The van der Waals surface area contributed by atoms with Crippen molar-refractivity contribution in [1.29, 1.82) is 0 Å². The number of nitrogens with zero attached hydrogens (tertiary/aromatic N) is 1. The Morgan fingerprint density at radius 2 is 1.35 bits per heavy atom. The minimum Gasteiger partial charge on any atom is -0.273 e. The summed E-state index contributed by atoms with van der Waals surface area (Å²) in [6.45, 7) is 0. The summed E-state index contributed by atoms with van der Waals surface area (Å²) < 4.78 is 0. The van der Waals surface area contributed by atoms with Crippen molar-refractivity contribution in [2.45, 2.75) is 9.65 Å². The summed E-state index contributed by atoms with van der Waals surface area (Å²) in [5.74, 6) is -0.676. The average molecular weight is 402 g/mol. The Morgan fingerprint density at radius 1 is 0.941 bits per heavy atom. The van der Waals surface area contributed by atoms with Gasteiger partial charge in [-0.25, -0.2) is 4.90 Å². The number of carbonyl (C=O) groups is 2. The van der Waals surface area contributed by atoms with E-state index in [0.29, 0.717) is 15.7 Å². The first kappa shape index (κ1) is 13.3. The standard InChI is InChI=1S/C10H5Br2Cl2NO2/c11-7-8(12)10(17)15(9(7)16)6-2-4(13)1-5(14)3-6/h1-3,7-8H. The van der Waals surface area contributed by atoms with E-state index in [2.05, 4.69) is 31.9 Å². The van der Waals surface area contributed by atoms with Crippen LogP contribution in [0.3, 0.4) is 0 Å². The van der Waals surface area contributed by atoms with Crippen LogP contribution in [-0.4, -0.2) is 21.5 Å². The Balaban J connectivity index is 2.47. The van der Waals surface area contributed by atoms with Gasteiger partial charge < -0.3 is 0 Å². The second-order valence-corrected chi connectivity index (χ2v) is 6.29. The number of amides is 2. The quantitative estimate of drug-likeness (QED) is 0.534. The molecule has 1 aliphatic rings. The van der Waals surface area contributed by atoms with E-state index in [1.807, 2.05) is 0 Å². The fourth-order valence-corrected chi connectivity index (χ4v) is 2.90. The molecule has 2 rings (SSSR count). The number of halogens is 4. The summed E-state index contributed by atoms with van der Waals surface area (Å²) >= 11 is 18.0. The van der Waals surface area contributed by atoms with E-state index in [1.54, 1.807) is 0 Å². The average Bonchev–Trinajstić information content (AvgIpc) is 2.42. The second-order valence-electron chi connectivity index (χ2n) is 3.44. The smallest absolute Gasteiger partial charge is 0.249 e. The van der Waals surface area contributed by atoms with Crippen LogP contribution in [0.5, 0.6) is 0 Å². The van der Waals surface area contributed by atoms with Gasteiger partial charge in [0.05, 0.1) is 5.69 Å². The minimum absolute atomic E-state index is 0.338. The molecule has 0 aliphatic carbocycles. The SMILES string of the molecule is O=C1C(Br)C(Br)C(=O)N1c1cc(Cl)cc(Cl)c1. The molecule has 17 heavy (non-hydrogen) atoms. The molecule has 2 unspecified atom stereocenters. The molecular formula is C10H5Br2Cl2NO2. The predicted octanol–water partition coefficient (Wildman–Crippen LogP) is 3.39. The molecule has 1 aromatic rings. The second kappa shape index (κ2) is 4.88. The number of rotatable bonds is 1. The molecule has 90 valence electrons. The summed E-state index contributed by atoms with van der Waals surface area (Å²) in [6, 6.07) is 4.58. The van der Waals surface area contributed by atoms with Gasteiger partial charge in [0.1, 0.15) is 9.65 Å². The number of hydrogen-bond donors (Lipinski definition) is 0. The highest BCUT2D eigenvalue weighted by Crippen LogP contribution is 2.33. The number of carbonyl (C=O) groups excluding carboxylic acids is 2. The Morgan fingerprint density at radius 3 is 1.76 bits per heavy atom. The lowest BCUT2D eigenvalue weighted by Crippen LogP contribution is -2.31. The first-order valence-corrected chi connectivity index (χ1v) is 7.12. The number of imide groups is 1. The fraction of sp³-hybridized carbons (Fsp3) is 0.200. The van der Waals surface area contributed by atoms with Crippen molar-refractivity contribution in [3.63, 3.8) is 0 Å². The number of benzene rings is 1. The highest BCUT2D eigenvalue weighted by atomic mass is 79.9. The zero-order valence-electron chi connectivity index (χ0n) is 8.16. The van der Waals surface area contributed by atoms with Gasteiger partial charge >= 0.3 is 0 Å². The Kier molecular flexibility index (Phi) is 3.83. The molecule has 1 heterocycles. The van der Waals surface area contributed by atoms with Crippen LogP contribution in [0.1, 0.15) is 0 Å². The van der Waals surface area contributed by atoms with Crippen molar-refractivity contribution in [3.05, 3.63) is 28.2 Å². The highest BCUT2D eigenvalue weighted by molar-refractivity contribution is 9.12. The van der Waals surface area contributed by atoms with Gasteiger partial charge in [0.2, 0.25) is 11.8 Å². The van der Waals surface area contributed by atoms with E-state index >= 15 is 0 Å². The van der Waals surface area contributed by atoms with Crippen molar-refractivity contribution in [2.24, 2.45) is 0 Å². The Labute approximate surface area is 124 Å². The molecule has 1 saturated heterocycles. The Hall–Kier alpha value is -0.100. The topological polar surface area (TPSA) is 37.4 Å². The lowest BCUT2D eigenvalue weighted by atomic mass is 10.3. The van der Waals surface area contributed by atoms with Gasteiger partial charge in [-0.05, 0) is 18.2 Å². The van der Waals surface area contributed by atoms with Crippen LogP contribution in [0.15, 0.2) is 18.2 Å². The minimum atomic E-state index is -0.576. The van der Waals surface area contributed by atoms with Crippen LogP contribution in [0.2, 0.25) is 10.0 Å². The fourth-order valence-electron chi connectivity index (χ4n) is 1.53. The molecule has 1 aromatic carbocycles. The summed E-state index contributed by atoms with van der Waals surface area (Å²) in [7, 11) is 0. The van der Waals surface area contributed by atoms with Crippen molar-refractivity contribution < 1.29 is 9.59 Å². The van der Waals surface area contributed by atoms with Crippen LogP contribution in [-0.2, 0) is 9.59 Å². The summed E-state index contributed by atoms with van der Waals surface area (Å²) in [6.07, 6.45) is 0. The zero-order valence-corrected chi connectivity index (χ0v) is 12.8. The predicted molar refractivity (Wildman–Crippen MR) is 74.4 cm³/mol. The van der Waals surface area contributed by atoms with E-state index in [9.17, 15) is 9.59 Å². The summed E-state index contributed by atoms with van der Waals surface area (Å²) in [5.41, 5.74) is 0.379. The number of alkyl halides is 2. The molecule has 7 heteroatoms. The molecule has 0 aromatic heterocycles. The highest BCUT2D eigenvalue weighted by Gasteiger charge is 2.45. The van der Waals surface area contributed by atoms with Gasteiger partial charge in [-0.2, -0.15) is 0 Å². The van der Waals surface area contributed by atoms with E-state index < -0.39 is 9.65 Å². The first-order valence-electron chi connectivity index (χ1n) is 4.54. The van der Waals surface area contributed by atoms with Gasteiger partial charge in [0.15, 0.2) is 0 Å². The monoisotopic (exact) mass is 399 g/mol. The van der Waals surface area contributed by atoms with E-state index in [0.717, 1.165) is 4.90 Å². The molecule has 0 saturated carbocycles. The molecule has 1 fully saturated rings. The van der Waals surface area contributed by atoms with Gasteiger partial charge in [0, 0.05) is 10.0 Å². The van der Waals surface area contributed by atoms with Crippen molar-refractivity contribution in [3.8, 4) is 0 Å². The maximum Gasteiger partial charge on any atom is 0.249 e. The Bertz CT molecular complexity index is 469. The third-order valence-corrected chi connectivity index (χ3v) is 5.26. The van der Waals surface area contributed by atoms with Crippen LogP contribution in [0.4, 0.5) is 5.69 Å². The zero-order chi connectivity index (χ0) is 12.7. The number of hydrogen-bond acceptors (Lipinski definition) is 2. The van der Waals surface area contributed by atoms with Crippen molar-refractivity contribution >= 4 is 72.6 Å². The van der Waals surface area contributed by atoms with Gasteiger partial charge in [0.25, 0.3) is 0 Å². The van der Waals surface area contributed by atoms with Crippen LogP contribution in [0.25, 0.3) is 0 Å². The van der Waals surface area contributed by atoms with Crippen LogP contribution >= 0.6 is 55.1 Å². The molecule has 0 spiro atoms. The van der Waals surface area contributed by atoms with Crippen molar-refractivity contribution in [1.82, 2.24) is 0 Å². The summed E-state index contributed by atoms with van der Waals surface area (Å²) in [4.78, 5) is 23.7. The maximum atomic E-state index is 11.9. The lowest BCUT2D eigenvalue weighted by molar-refractivity contribution is -0.121. The van der Waals surface area contributed by atoms with Gasteiger partial charge in [-0.3, -0.25) is 9.59 Å². The molecule has 2 amide bonds. The van der Waals surface area contributed by atoms with Crippen LogP contribution < -0.4 is 4.90 Å². The normalized spacial score (nSPS) is 24.6. The third-order valence-electron chi connectivity index (χ3n) is 2.28. The van der Waals surface area contributed by atoms with Gasteiger partial charge in [-0.1, -0.05) is 55.1 Å². The van der Waals surface area contributed by atoms with E-state index in [-0.39, 0.29) is 11.8 Å².